The largest absolute Gasteiger partial charge is 0.0984 e. The first-order chi connectivity index (χ1) is 6.92. The van der Waals surface area contributed by atoms with E-state index < -0.39 is 0 Å². The molecule has 14 heavy (non-hydrogen) atoms. The molecule has 0 N–H and O–H groups in total. The third kappa shape index (κ3) is 1.60. The molecule has 0 aliphatic rings. The summed E-state index contributed by atoms with van der Waals surface area (Å²) in [7, 11) is 0. The number of benzene rings is 2. The number of hydrogen-bond donors (Lipinski definition) is 0. The predicted octanol–water partition coefficient (Wildman–Crippen LogP) is 3.80. The molecule has 0 heteroatoms. The van der Waals surface area contributed by atoms with Gasteiger partial charge < -0.3 is 0 Å². The molecule has 0 aromatic heterocycles. The lowest BCUT2D eigenvalue weighted by Crippen LogP contribution is -1.81. The SMILES string of the molecule is C=Cc1ccccc1-c1cc[c]cc1. The maximum atomic E-state index is 3.81. The highest BCUT2D eigenvalue weighted by atomic mass is 14.0. The summed E-state index contributed by atoms with van der Waals surface area (Å²) in [5.41, 5.74) is 3.59. The zero-order valence-electron chi connectivity index (χ0n) is 7.90. The van der Waals surface area contributed by atoms with E-state index >= 15 is 0 Å². The van der Waals surface area contributed by atoms with Crippen molar-refractivity contribution >= 4 is 6.08 Å². The first-order valence-corrected chi connectivity index (χ1v) is 4.60. The maximum absolute atomic E-state index is 3.81. The summed E-state index contributed by atoms with van der Waals surface area (Å²) >= 11 is 0. The Morgan fingerprint density at radius 2 is 1.71 bits per heavy atom. The van der Waals surface area contributed by atoms with Gasteiger partial charge in [-0.25, -0.2) is 0 Å². The molecule has 0 fully saturated rings. The van der Waals surface area contributed by atoms with E-state index in [0.29, 0.717) is 0 Å². The van der Waals surface area contributed by atoms with E-state index in [-0.39, 0.29) is 0 Å². The Labute approximate surface area is 84.5 Å². The summed E-state index contributed by atoms with van der Waals surface area (Å²) in [6.07, 6.45) is 1.88. The van der Waals surface area contributed by atoms with Gasteiger partial charge in [-0.3, -0.25) is 0 Å². The minimum Gasteiger partial charge on any atom is -0.0984 e. The minimum atomic E-state index is 1.17. The van der Waals surface area contributed by atoms with Crippen molar-refractivity contribution in [2.24, 2.45) is 0 Å². The normalized spacial score (nSPS) is 9.71. The van der Waals surface area contributed by atoms with Crippen LogP contribution in [0.3, 0.4) is 0 Å². The summed E-state index contributed by atoms with van der Waals surface area (Å²) in [6, 6.07) is 19.2. The van der Waals surface area contributed by atoms with Crippen molar-refractivity contribution in [3.8, 4) is 11.1 Å². The Kier molecular flexibility index (Phi) is 2.46. The van der Waals surface area contributed by atoms with Crippen molar-refractivity contribution in [2.45, 2.75) is 0 Å². The van der Waals surface area contributed by atoms with E-state index in [1.165, 1.54) is 16.7 Å². The molecule has 0 aliphatic carbocycles. The van der Waals surface area contributed by atoms with Crippen LogP contribution < -0.4 is 0 Å². The van der Waals surface area contributed by atoms with Crippen LogP contribution in [-0.2, 0) is 0 Å². The van der Waals surface area contributed by atoms with E-state index in [2.05, 4.69) is 36.9 Å². The van der Waals surface area contributed by atoms with Crippen molar-refractivity contribution in [1.29, 1.82) is 0 Å². The van der Waals surface area contributed by atoms with Crippen molar-refractivity contribution in [1.82, 2.24) is 0 Å². The third-order valence-corrected chi connectivity index (χ3v) is 2.21. The lowest BCUT2D eigenvalue weighted by Gasteiger charge is -2.04. The first-order valence-electron chi connectivity index (χ1n) is 4.60. The molecule has 0 saturated heterocycles. The molecule has 67 valence electrons. The van der Waals surface area contributed by atoms with E-state index in [4.69, 9.17) is 0 Å². The molecular weight excluding hydrogens is 168 g/mol. The summed E-state index contributed by atoms with van der Waals surface area (Å²) in [5, 5.41) is 0. The molecule has 2 aromatic carbocycles. The van der Waals surface area contributed by atoms with Crippen molar-refractivity contribution < 1.29 is 0 Å². The Morgan fingerprint density at radius 3 is 2.43 bits per heavy atom. The van der Waals surface area contributed by atoms with Gasteiger partial charge in [0.15, 0.2) is 0 Å². The standard InChI is InChI=1S/C14H11/c1-2-12-8-6-7-11-14(12)13-9-4-3-5-10-13/h2,4-11H,1H2. The number of hydrogen-bond acceptors (Lipinski definition) is 0. The number of rotatable bonds is 2. The summed E-state index contributed by atoms with van der Waals surface area (Å²) in [6.45, 7) is 3.81. The Balaban J connectivity index is 2.57. The average Bonchev–Trinajstić information content (AvgIpc) is 2.30. The summed E-state index contributed by atoms with van der Waals surface area (Å²) < 4.78 is 0. The van der Waals surface area contributed by atoms with Gasteiger partial charge in [-0.2, -0.15) is 0 Å². The zero-order valence-corrected chi connectivity index (χ0v) is 7.90. The minimum absolute atomic E-state index is 1.17. The fourth-order valence-corrected chi connectivity index (χ4v) is 1.50. The molecule has 0 nitrogen and oxygen atoms in total. The first kappa shape index (κ1) is 8.76. The molecule has 0 saturated carbocycles. The second-order valence-electron chi connectivity index (χ2n) is 3.08. The van der Waals surface area contributed by atoms with Crippen LogP contribution in [0.4, 0.5) is 0 Å². The lowest BCUT2D eigenvalue weighted by molar-refractivity contribution is 1.59. The van der Waals surface area contributed by atoms with Gasteiger partial charge in [0.05, 0.1) is 0 Å². The smallest absolute Gasteiger partial charge is 0.0112 e. The highest BCUT2D eigenvalue weighted by Crippen LogP contribution is 2.23. The van der Waals surface area contributed by atoms with Gasteiger partial charge in [-0.1, -0.05) is 61.2 Å². The van der Waals surface area contributed by atoms with Gasteiger partial charge in [0.25, 0.3) is 0 Å². The molecule has 2 rings (SSSR count). The average molecular weight is 179 g/mol. The zero-order chi connectivity index (χ0) is 9.80. The Morgan fingerprint density at radius 1 is 1.00 bits per heavy atom. The third-order valence-electron chi connectivity index (χ3n) is 2.21. The van der Waals surface area contributed by atoms with Gasteiger partial charge in [0.1, 0.15) is 0 Å². The van der Waals surface area contributed by atoms with Gasteiger partial charge >= 0.3 is 0 Å². The Bertz CT molecular complexity index is 427. The second-order valence-corrected chi connectivity index (χ2v) is 3.08. The molecule has 0 atom stereocenters. The van der Waals surface area contributed by atoms with Gasteiger partial charge in [0.2, 0.25) is 0 Å². The molecule has 0 heterocycles. The predicted molar refractivity (Wildman–Crippen MR) is 60.8 cm³/mol. The highest BCUT2D eigenvalue weighted by molar-refractivity contribution is 5.74. The van der Waals surface area contributed by atoms with E-state index in [1.54, 1.807) is 0 Å². The topological polar surface area (TPSA) is 0 Å². The molecule has 0 unspecified atom stereocenters. The van der Waals surface area contributed by atoms with Crippen molar-refractivity contribution in [3.63, 3.8) is 0 Å². The lowest BCUT2D eigenvalue weighted by atomic mass is 10.00. The van der Waals surface area contributed by atoms with Crippen LogP contribution in [0, 0.1) is 6.07 Å². The van der Waals surface area contributed by atoms with Gasteiger partial charge in [-0.15, -0.1) is 0 Å². The van der Waals surface area contributed by atoms with Crippen LogP contribution in [-0.4, -0.2) is 0 Å². The highest BCUT2D eigenvalue weighted by Gasteiger charge is 1.99. The summed E-state index contributed by atoms with van der Waals surface area (Å²) in [4.78, 5) is 0. The quantitative estimate of drug-likeness (QED) is 0.657. The van der Waals surface area contributed by atoms with Crippen LogP contribution in [0.2, 0.25) is 0 Å². The van der Waals surface area contributed by atoms with Crippen LogP contribution in [0.15, 0.2) is 55.1 Å². The second kappa shape index (κ2) is 3.93. The van der Waals surface area contributed by atoms with Crippen LogP contribution in [0.1, 0.15) is 5.56 Å². The van der Waals surface area contributed by atoms with Crippen LogP contribution in [0.25, 0.3) is 17.2 Å². The van der Waals surface area contributed by atoms with Crippen LogP contribution >= 0.6 is 0 Å². The Hall–Kier alpha value is -1.82. The molecule has 0 spiro atoms. The maximum Gasteiger partial charge on any atom is -0.0112 e. The van der Waals surface area contributed by atoms with Crippen molar-refractivity contribution in [3.05, 3.63) is 66.7 Å². The molecule has 0 amide bonds. The molecule has 0 aliphatic heterocycles. The van der Waals surface area contributed by atoms with Gasteiger partial charge in [0, 0.05) is 0 Å². The van der Waals surface area contributed by atoms with Crippen molar-refractivity contribution in [2.75, 3.05) is 0 Å². The monoisotopic (exact) mass is 179 g/mol. The molecule has 2 aromatic rings. The fourth-order valence-electron chi connectivity index (χ4n) is 1.50. The van der Waals surface area contributed by atoms with Crippen LogP contribution in [0.5, 0.6) is 0 Å². The van der Waals surface area contributed by atoms with E-state index in [1.807, 2.05) is 30.3 Å². The van der Waals surface area contributed by atoms with Gasteiger partial charge in [-0.05, 0) is 22.8 Å². The molecule has 0 bridgehead atoms. The molecular formula is C14H11. The fraction of sp³-hybridized carbons (Fsp3) is 0. The van der Waals surface area contributed by atoms with E-state index in [9.17, 15) is 0 Å². The molecule has 1 radical (unpaired) electrons. The summed E-state index contributed by atoms with van der Waals surface area (Å²) in [5.74, 6) is 0. The van der Waals surface area contributed by atoms with E-state index in [0.717, 1.165) is 0 Å².